The SMILES string of the molecule is CCCCS(=O)(=O)NC(Cc1ccc(OCCCCN2CCCCC2)cc1)C(=O)O. The Labute approximate surface area is 180 Å². The summed E-state index contributed by atoms with van der Waals surface area (Å²) in [6, 6.07) is 6.03. The van der Waals surface area contributed by atoms with E-state index in [0.717, 1.165) is 37.1 Å². The molecule has 0 aromatic heterocycles. The predicted molar refractivity (Wildman–Crippen MR) is 118 cm³/mol. The molecule has 0 spiro atoms. The zero-order valence-electron chi connectivity index (χ0n) is 18.0. The van der Waals surface area contributed by atoms with Gasteiger partial charge in [0.05, 0.1) is 12.4 Å². The van der Waals surface area contributed by atoms with Crippen LogP contribution in [0.15, 0.2) is 24.3 Å². The van der Waals surface area contributed by atoms with Crippen molar-refractivity contribution in [2.45, 2.75) is 64.3 Å². The van der Waals surface area contributed by atoms with Crippen LogP contribution in [0.2, 0.25) is 0 Å². The second kappa shape index (κ2) is 12.9. The van der Waals surface area contributed by atoms with E-state index < -0.39 is 22.0 Å². The second-order valence-corrected chi connectivity index (χ2v) is 9.86. The highest BCUT2D eigenvalue weighted by Gasteiger charge is 2.24. The fourth-order valence-electron chi connectivity index (χ4n) is 3.56. The molecule has 1 aliphatic heterocycles. The number of aliphatic carboxylic acids is 1. The Morgan fingerprint density at radius 1 is 1.13 bits per heavy atom. The van der Waals surface area contributed by atoms with Crippen molar-refractivity contribution in [1.82, 2.24) is 9.62 Å². The first-order valence-electron chi connectivity index (χ1n) is 11.1. The number of nitrogens with one attached hydrogen (secondary N) is 1. The Morgan fingerprint density at radius 3 is 2.47 bits per heavy atom. The van der Waals surface area contributed by atoms with E-state index >= 15 is 0 Å². The molecule has 7 nitrogen and oxygen atoms in total. The summed E-state index contributed by atoms with van der Waals surface area (Å²) in [5.74, 6) is -0.492. The van der Waals surface area contributed by atoms with Crippen LogP contribution in [0.4, 0.5) is 0 Å². The van der Waals surface area contributed by atoms with Crippen LogP contribution >= 0.6 is 0 Å². The number of carbonyl (C=O) groups is 1. The first-order chi connectivity index (χ1) is 14.4. The van der Waals surface area contributed by atoms with Crippen LogP contribution in [0, 0.1) is 0 Å². The highest BCUT2D eigenvalue weighted by molar-refractivity contribution is 7.89. The normalized spacial score (nSPS) is 16.3. The molecule has 1 heterocycles. The number of nitrogens with zero attached hydrogens (tertiary/aromatic N) is 1. The lowest BCUT2D eigenvalue weighted by atomic mass is 10.1. The number of piperidine rings is 1. The highest BCUT2D eigenvalue weighted by atomic mass is 32.2. The summed E-state index contributed by atoms with van der Waals surface area (Å²) in [7, 11) is -3.60. The lowest BCUT2D eigenvalue weighted by Crippen LogP contribution is -2.43. The van der Waals surface area contributed by atoms with Crippen molar-refractivity contribution >= 4 is 16.0 Å². The van der Waals surface area contributed by atoms with E-state index in [9.17, 15) is 18.3 Å². The van der Waals surface area contributed by atoms with Crippen molar-refractivity contribution in [3.8, 4) is 5.75 Å². The van der Waals surface area contributed by atoms with Gasteiger partial charge in [0.2, 0.25) is 10.0 Å². The van der Waals surface area contributed by atoms with Gasteiger partial charge >= 0.3 is 5.97 Å². The molecule has 1 unspecified atom stereocenters. The maximum Gasteiger partial charge on any atom is 0.322 e. The summed E-state index contributed by atoms with van der Waals surface area (Å²) in [5.41, 5.74) is 0.748. The molecule has 0 saturated carbocycles. The average molecular weight is 441 g/mol. The molecule has 1 saturated heterocycles. The number of ether oxygens (including phenoxy) is 1. The fourth-order valence-corrected chi connectivity index (χ4v) is 4.96. The second-order valence-electron chi connectivity index (χ2n) is 7.99. The van der Waals surface area contributed by atoms with Crippen LogP contribution in [-0.2, 0) is 21.2 Å². The van der Waals surface area contributed by atoms with Gasteiger partial charge in [0, 0.05) is 0 Å². The zero-order chi connectivity index (χ0) is 21.8. The monoisotopic (exact) mass is 440 g/mol. The summed E-state index contributed by atoms with van der Waals surface area (Å²) in [6.45, 7) is 6.11. The van der Waals surface area contributed by atoms with Crippen molar-refractivity contribution < 1.29 is 23.1 Å². The number of rotatable bonds is 14. The van der Waals surface area contributed by atoms with Crippen molar-refractivity contribution in [1.29, 1.82) is 0 Å². The molecular weight excluding hydrogens is 404 g/mol. The average Bonchev–Trinajstić information content (AvgIpc) is 2.73. The topological polar surface area (TPSA) is 95.9 Å². The number of sulfonamides is 1. The van der Waals surface area contributed by atoms with Gasteiger partial charge in [-0.25, -0.2) is 13.1 Å². The van der Waals surface area contributed by atoms with Gasteiger partial charge in [-0.15, -0.1) is 0 Å². The van der Waals surface area contributed by atoms with E-state index in [-0.39, 0.29) is 12.2 Å². The van der Waals surface area contributed by atoms with E-state index in [4.69, 9.17) is 4.74 Å². The molecule has 1 fully saturated rings. The van der Waals surface area contributed by atoms with Gasteiger partial charge in [-0.2, -0.15) is 0 Å². The molecule has 1 atom stereocenters. The molecular formula is C22H36N2O5S. The summed E-state index contributed by atoms with van der Waals surface area (Å²) in [5, 5.41) is 9.38. The van der Waals surface area contributed by atoms with Crippen LogP contribution in [0.25, 0.3) is 0 Å². The summed E-state index contributed by atoms with van der Waals surface area (Å²) < 4.78 is 32.1. The Morgan fingerprint density at radius 2 is 1.83 bits per heavy atom. The third-order valence-corrected chi connectivity index (χ3v) is 6.81. The number of carboxylic acids is 1. The van der Waals surface area contributed by atoms with Gasteiger partial charge in [0.25, 0.3) is 0 Å². The van der Waals surface area contributed by atoms with E-state index in [1.54, 1.807) is 12.1 Å². The molecule has 1 aromatic rings. The minimum Gasteiger partial charge on any atom is -0.494 e. The molecule has 2 N–H and O–H groups in total. The zero-order valence-corrected chi connectivity index (χ0v) is 18.8. The van der Waals surface area contributed by atoms with Gasteiger partial charge in [0.1, 0.15) is 11.8 Å². The van der Waals surface area contributed by atoms with E-state index in [1.807, 2.05) is 19.1 Å². The van der Waals surface area contributed by atoms with E-state index in [1.165, 1.54) is 32.4 Å². The third-order valence-electron chi connectivity index (χ3n) is 5.34. The predicted octanol–water partition coefficient (Wildman–Crippen LogP) is 3.05. The lowest BCUT2D eigenvalue weighted by molar-refractivity contribution is -0.138. The van der Waals surface area contributed by atoms with Crippen LogP contribution in [-0.4, -0.2) is 62.4 Å². The van der Waals surface area contributed by atoms with Crippen molar-refractivity contribution in [3.05, 3.63) is 29.8 Å². The van der Waals surface area contributed by atoms with Gasteiger partial charge in [-0.05, 0) is 75.9 Å². The van der Waals surface area contributed by atoms with Crippen LogP contribution in [0.5, 0.6) is 5.75 Å². The Bertz CT molecular complexity index is 730. The van der Waals surface area contributed by atoms with E-state index in [2.05, 4.69) is 9.62 Å². The first-order valence-corrected chi connectivity index (χ1v) is 12.7. The third kappa shape index (κ3) is 9.45. The van der Waals surface area contributed by atoms with Crippen molar-refractivity contribution in [2.24, 2.45) is 0 Å². The molecule has 0 aliphatic carbocycles. The fraction of sp³-hybridized carbons (Fsp3) is 0.682. The van der Waals surface area contributed by atoms with Gasteiger partial charge < -0.3 is 14.7 Å². The van der Waals surface area contributed by atoms with Gasteiger partial charge in [0.15, 0.2) is 0 Å². The quantitative estimate of drug-likeness (QED) is 0.432. The highest BCUT2D eigenvalue weighted by Crippen LogP contribution is 2.15. The number of hydrogen-bond acceptors (Lipinski definition) is 5. The first kappa shape index (κ1) is 24.6. The van der Waals surface area contributed by atoms with Crippen LogP contribution in [0.1, 0.15) is 57.4 Å². The molecule has 2 rings (SSSR count). The minimum atomic E-state index is -3.60. The molecule has 0 bridgehead atoms. The summed E-state index contributed by atoms with van der Waals surface area (Å²) in [4.78, 5) is 14.0. The molecule has 0 radical (unpaired) electrons. The van der Waals surface area contributed by atoms with Crippen LogP contribution in [0.3, 0.4) is 0 Å². The smallest absolute Gasteiger partial charge is 0.322 e. The summed E-state index contributed by atoms with van der Waals surface area (Å²) >= 11 is 0. The van der Waals surface area contributed by atoms with Gasteiger partial charge in [-0.1, -0.05) is 31.9 Å². The Hall–Kier alpha value is -1.64. The van der Waals surface area contributed by atoms with Crippen molar-refractivity contribution in [2.75, 3.05) is 32.0 Å². The number of carboxylic acid groups (broad SMARTS) is 1. The minimum absolute atomic E-state index is 0.0577. The largest absolute Gasteiger partial charge is 0.494 e. The number of unbranched alkanes of at least 4 members (excludes halogenated alkanes) is 2. The molecule has 170 valence electrons. The molecule has 8 heteroatoms. The van der Waals surface area contributed by atoms with Crippen LogP contribution < -0.4 is 9.46 Å². The number of hydrogen-bond donors (Lipinski definition) is 2. The molecule has 0 amide bonds. The Balaban J connectivity index is 1.74. The maximum atomic E-state index is 12.0. The van der Waals surface area contributed by atoms with Gasteiger partial charge in [-0.3, -0.25) is 4.79 Å². The van der Waals surface area contributed by atoms with E-state index in [0.29, 0.717) is 13.0 Å². The van der Waals surface area contributed by atoms with Crippen molar-refractivity contribution in [3.63, 3.8) is 0 Å². The number of benzene rings is 1. The molecule has 30 heavy (non-hydrogen) atoms. The standard InChI is InChI=1S/C22H36N2O5S/c1-2-3-17-30(27,28)23-21(22(25)26)18-19-9-11-20(12-10-19)29-16-8-7-15-24-13-5-4-6-14-24/h9-12,21,23H,2-8,13-18H2,1H3,(H,25,26). The molecule has 1 aromatic carbocycles. The molecule has 1 aliphatic rings. The maximum absolute atomic E-state index is 12.0. The summed E-state index contributed by atoms with van der Waals surface area (Å²) in [6.07, 6.45) is 7.43. The lowest BCUT2D eigenvalue weighted by Gasteiger charge is -2.26. The Kier molecular flexibility index (Phi) is 10.6. The number of likely N-dealkylation sites (tertiary alicyclic amines) is 1.